The molecule has 0 bridgehead atoms. The van der Waals surface area contributed by atoms with Crippen molar-refractivity contribution < 1.29 is 23.3 Å². The molecule has 4 unspecified atom stereocenters. The molecule has 4 rings (SSSR count). The number of nitrogens with one attached hydrogen (secondary N) is 2. The van der Waals surface area contributed by atoms with E-state index >= 15 is 0 Å². The first kappa shape index (κ1) is 64.4. The average molecular weight is 1060 g/mol. The maximum Gasteiger partial charge on any atom is 0.330 e. The van der Waals surface area contributed by atoms with Gasteiger partial charge in [-0.2, -0.15) is 0 Å². The summed E-state index contributed by atoms with van der Waals surface area (Å²) in [5.74, 6) is 8.97. The van der Waals surface area contributed by atoms with Gasteiger partial charge < -0.3 is 38.4 Å². The van der Waals surface area contributed by atoms with Gasteiger partial charge in [-0.1, -0.05) is 71.3 Å². The van der Waals surface area contributed by atoms with Gasteiger partial charge in [-0.15, -0.1) is 12.3 Å². The van der Waals surface area contributed by atoms with E-state index in [1.807, 2.05) is 4.90 Å². The van der Waals surface area contributed by atoms with Crippen LogP contribution in [0.2, 0.25) is 0 Å². The molecule has 2 N–H and O–H groups in total. The van der Waals surface area contributed by atoms with Gasteiger partial charge in [0.2, 0.25) is 13.1 Å². The highest BCUT2D eigenvalue weighted by Crippen LogP contribution is 2.51. The van der Waals surface area contributed by atoms with Crippen LogP contribution in [0.25, 0.3) is 9.69 Å². The summed E-state index contributed by atoms with van der Waals surface area (Å²) >= 11 is 0. The fourth-order valence-corrected chi connectivity index (χ4v) is 14.6. The van der Waals surface area contributed by atoms with Gasteiger partial charge in [0.15, 0.2) is 0 Å². The molecule has 2 fully saturated rings. The van der Waals surface area contributed by atoms with Crippen molar-refractivity contribution in [2.75, 3.05) is 25.4 Å². The molecule has 3 aliphatic rings. The molecule has 412 valence electrons. The van der Waals surface area contributed by atoms with E-state index in [4.69, 9.17) is 38.1 Å². The van der Waals surface area contributed by atoms with Crippen LogP contribution in [-0.2, 0) is 29.7 Å². The van der Waals surface area contributed by atoms with Gasteiger partial charge in [0, 0.05) is 93.0 Å². The molecule has 0 spiro atoms. The molecule has 74 heavy (non-hydrogen) atoms. The minimum atomic E-state index is -0.915. The number of rotatable bonds is 30. The van der Waals surface area contributed by atoms with Crippen LogP contribution in [0.15, 0.2) is 40.0 Å². The number of aromatic nitrogens is 2. The summed E-state index contributed by atoms with van der Waals surface area (Å²) in [6, 6.07) is 1.32. The summed E-state index contributed by atoms with van der Waals surface area (Å²) in [7, 11) is -1.80. The Hall–Kier alpha value is -3.85. The van der Waals surface area contributed by atoms with Crippen molar-refractivity contribution in [3.05, 3.63) is 79.6 Å². The monoisotopic (exact) mass is 1060 g/mol. The maximum absolute atomic E-state index is 12.8. The lowest BCUT2D eigenvalue weighted by Gasteiger charge is -2.39. The van der Waals surface area contributed by atoms with Crippen LogP contribution in [0.3, 0.4) is 0 Å². The van der Waals surface area contributed by atoms with Crippen LogP contribution in [0.4, 0.5) is 0 Å². The molecule has 1 amide bonds. The molecule has 0 radical (unpaired) electrons. The predicted octanol–water partition coefficient (Wildman–Crippen LogP) is 11.9. The van der Waals surface area contributed by atoms with Crippen LogP contribution in [0, 0.1) is 37.3 Å². The third-order valence-corrected chi connectivity index (χ3v) is 18.5. The second kappa shape index (κ2) is 34.7. The van der Waals surface area contributed by atoms with E-state index in [-0.39, 0.29) is 42.1 Å². The first-order valence-electron chi connectivity index (χ1n) is 27.7. The van der Waals surface area contributed by atoms with Gasteiger partial charge in [-0.05, 0) is 93.9 Å². The van der Waals surface area contributed by atoms with E-state index in [9.17, 15) is 14.4 Å². The third kappa shape index (κ3) is 20.6. The summed E-state index contributed by atoms with van der Waals surface area (Å²) < 4.78 is 32.8. The number of H-pyrrole nitrogens is 1. The highest BCUT2D eigenvalue weighted by Gasteiger charge is 2.43. The van der Waals surface area contributed by atoms with E-state index < -0.39 is 28.5 Å². The first-order chi connectivity index (χ1) is 35.5. The molecule has 0 aliphatic carbocycles. The van der Waals surface area contributed by atoms with Crippen molar-refractivity contribution >= 4 is 22.5 Å². The lowest BCUT2D eigenvalue weighted by atomic mass is 10.1. The molecule has 1 aromatic heterocycles. The lowest BCUT2D eigenvalue weighted by Crippen LogP contribution is -2.42. The summed E-state index contributed by atoms with van der Waals surface area (Å²) in [5.41, 5.74) is 0.323. The van der Waals surface area contributed by atoms with Gasteiger partial charge in [-0.3, -0.25) is 28.5 Å². The Balaban J connectivity index is 0.000000390. The number of hydrogen-bond donors (Lipinski definition) is 2. The van der Waals surface area contributed by atoms with Crippen molar-refractivity contribution in [1.82, 2.24) is 29.1 Å². The maximum atomic E-state index is 12.8. The second-order valence-corrected chi connectivity index (χ2v) is 24.1. The zero-order valence-electron chi connectivity index (χ0n) is 47.0. The third-order valence-electron chi connectivity index (χ3n) is 13.2. The summed E-state index contributed by atoms with van der Waals surface area (Å²) in [6.45, 7) is 43.3. The number of carbonyl (C=O) groups is 1. The number of aromatic amines is 1. The minimum absolute atomic E-state index is 0.0680. The van der Waals surface area contributed by atoms with Crippen molar-refractivity contribution in [2.24, 2.45) is 0 Å². The molecule has 2 saturated heterocycles. The van der Waals surface area contributed by atoms with Crippen LogP contribution in [0.1, 0.15) is 191 Å². The number of unbranched alkanes of at least 4 members (excludes halogenated alkanes) is 8. The van der Waals surface area contributed by atoms with Crippen molar-refractivity contribution in [3.8, 4) is 24.2 Å². The van der Waals surface area contributed by atoms with Crippen molar-refractivity contribution in [1.29, 1.82) is 0 Å². The first-order valence-corrected chi connectivity index (χ1v) is 30.4. The van der Waals surface area contributed by atoms with E-state index in [1.54, 1.807) is 17.0 Å². The zero-order valence-corrected chi connectivity index (χ0v) is 48.8. The minimum Gasteiger partial charge on any atom is -0.352 e. The van der Waals surface area contributed by atoms with Gasteiger partial charge in [0.1, 0.15) is 40.4 Å². The van der Waals surface area contributed by atoms with Crippen LogP contribution in [-0.4, -0.2) is 110 Å². The Kier molecular flexibility index (Phi) is 30.3. The summed E-state index contributed by atoms with van der Waals surface area (Å²) in [6.07, 6.45) is 24.5. The van der Waals surface area contributed by atoms with Crippen LogP contribution < -0.4 is 16.6 Å². The summed E-state index contributed by atoms with van der Waals surface area (Å²) in [4.78, 5) is 49.2. The highest BCUT2D eigenvalue weighted by atomic mass is 31.2. The molecule has 0 aromatic carbocycles. The largest absolute Gasteiger partial charge is 0.352 e. The molecular formula is C57H92N8O7P2. The topological polar surface area (TPSA) is 139 Å². The number of nitrogens with zero attached hydrogens (tertiary/aromatic N) is 6. The SMILES string of the molecule is [C-]#[N+]CCCP(OC1C[C@H](N2C=C(C#CCCCCC#C)C(=O)NC2=C)O[C@@H]1CC)N(C(C)C)C(C)C.[C-]#[N+]CCCP(OC1C[C@H](n2cc(CCCCCCCC)c(=O)[nH]c2=O)O[C@@H]1CC)N(C(C)C)C(C)C. The van der Waals surface area contributed by atoms with Gasteiger partial charge in [0.05, 0.1) is 24.4 Å². The Morgan fingerprint density at radius 2 is 1.28 bits per heavy atom. The fourth-order valence-electron chi connectivity index (χ4n) is 9.74. The molecule has 15 nitrogen and oxygen atoms in total. The average Bonchev–Trinajstić information content (AvgIpc) is 3.95. The molecule has 1 aromatic rings. The standard InChI is InChI=1S/C29H43N4O3P.C28H49N4O4P/c1-9-11-12-13-14-15-17-25-21-32(24(7)31-29(25)34)28-20-27(26(10-2)35-28)36-37(19-16-18-30-8)33(22(3)4)23(5)6;1-8-10-11-12-13-14-16-23-20-31(28(34)30-27(23)33)26-19-25(24(9-2)35-26)36-37(18-15-17-29-7)32(21(3)4)22(5)6/h1,21-23,26-28H,7,10-14,16,18-20H2,2-6H3,(H,31,34);20-22,24-26H,8-19H2,1-6H3,(H,30,33,34)/t26-,27?,28-,37?;24-,25?,26-,37?/m11/s1. The number of ether oxygens (including phenoxy) is 2. The van der Waals surface area contributed by atoms with E-state index in [2.05, 4.69) is 130 Å². The molecule has 0 saturated carbocycles. The smallest absolute Gasteiger partial charge is 0.330 e. The Labute approximate surface area is 448 Å². The van der Waals surface area contributed by atoms with Gasteiger partial charge in [0.25, 0.3) is 11.5 Å². The molecular weight excluding hydrogens is 971 g/mol. The van der Waals surface area contributed by atoms with Crippen molar-refractivity contribution in [2.45, 2.75) is 246 Å². The number of aryl methyl sites for hydroxylation is 1. The normalized spacial score (nSPS) is 21.5. The Morgan fingerprint density at radius 1 is 0.770 bits per heavy atom. The highest BCUT2D eigenvalue weighted by molar-refractivity contribution is 7.50. The lowest BCUT2D eigenvalue weighted by molar-refractivity contribution is -0.118. The zero-order chi connectivity index (χ0) is 54.7. The quantitative estimate of drug-likeness (QED) is 0.0331. The molecule has 17 heteroatoms. The predicted molar refractivity (Wildman–Crippen MR) is 303 cm³/mol. The van der Waals surface area contributed by atoms with Crippen LogP contribution in [0.5, 0.6) is 0 Å². The fraction of sp³-hybridized carbons (Fsp3) is 0.737. The van der Waals surface area contributed by atoms with E-state index in [0.717, 1.165) is 70.1 Å². The van der Waals surface area contributed by atoms with E-state index in [1.165, 1.54) is 25.7 Å². The molecule has 8 atom stereocenters. The molecule has 3 aliphatic heterocycles. The van der Waals surface area contributed by atoms with E-state index in [0.29, 0.717) is 79.9 Å². The Bertz CT molecular complexity index is 2200. The van der Waals surface area contributed by atoms with Crippen LogP contribution >= 0.6 is 16.6 Å². The Morgan fingerprint density at radius 3 is 1.80 bits per heavy atom. The molecule has 4 heterocycles. The van der Waals surface area contributed by atoms with Crippen molar-refractivity contribution in [3.63, 3.8) is 0 Å². The van der Waals surface area contributed by atoms with Gasteiger partial charge in [-0.25, -0.2) is 17.9 Å². The number of terminal acetylenes is 1. The number of carbonyl (C=O) groups excluding carboxylic acids is 1. The number of hydrogen-bond acceptors (Lipinski definition) is 10. The van der Waals surface area contributed by atoms with Gasteiger partial charge >= 0.3 is 5.69 Å². The second-order valence-electron chi connectivity index (χ2n) is 20.5. The number of amides is 1. The summed E-state index contributed by atoms with van der Waals surface area (Å²) in [5, 5.41) is 2.83.